The molecule has 0 aliphatic carbocycles. The van der Waals surface area contributed by atoms with E-state index in [9.17, 15) is 0 Å². The van der Waals surface area contributed by atoms with Gasteiger partial charge in [-0.3, -0.25) is 0 Å². The maximum absolute atomic E-state index is 4.16. The molecule has 2 rings (SSSR count). The zero-order valence-electron chi connectivity index (χ0n) is 12.3. The predicted molar refractivity (Wildman–Crippen MR) is 83.8 cm³/mol. The van der Waals surface area contributed by atoms with Crippen LogP contribution < -0.4 is 5.32 Å². The molecular formula is C15H22N4S. The number of thioether (sulfide) groups is 1. The molecule has 1 aromatic carbocycles. The first kappa shape index (κ1) is 15.1. The molecule has 0 fully saturated rings. The number of rotatable bonds is 7. The number of aryl methyl sites for hydroxylation is 1. The number of hydrogen-bond acceptors (Lipinski definition) is 4. The van der Waals surface area contributed by atoms with Crippen molar-refractivity contribution in [2.75, 3.05) is 6.54 Å². The SMILES string of the molecule is CCCNC(c1ccccc1)C(C)Sc1nncn1C. The van der Waals surface area contributed by atoms with Crippen molar-refractivity contribution >= 4 is 11.8 Å². The highest BCUT2D eigenvalue weighted by Crippen LogP contribution is 2.30. The molecule has 0 aliphatic heterocycles. The fourth-order valence-corrected chi connectivity index (χ4v) is 3.16. The fraction of sp³-hybridized carbons (Fsp3) is 0.467. The Labute approximate surface area is 125 Å². The minimum atomic E-state index is 0.317. The number of hydrogen-bond donors (Lipinski definition) is 1. The highest BCUT2D eigenvalue weighted by Gasteiger charge is 2.21. The Morgan fingerprint density at radius 3 is 2.65 bits per heavy atom. The minimum absolute atomic E-state index is 0.317. The molecule has 20 heavy (non-hydrogen) atoms. The second-order valence-corrected chi connectivity index (χ2v) is 6.23. The topological polar surface area (TPSA) is 42.7 Å². The molecule has 4 nitrogen and oxygen atoms in total. The van der Waals surface area contributed by atoms with Crippen LogP contribution in [-0.2, 0) is 7.05 Å². The summed E-state index contributed by atoms with van der Waals surface area (Å²) in [5.74, 6) is 0. The number of aromatic nitrogens is 3. The fourth-order valence-electron chi connectivity index (χ4n) is 2.13. The molecule has 2 aromatic rings. The minimum Gasteiger partial charge on any atom is -0.312 e. The molecule has 1 aromatic heterocycles. The lowest BCUT2D eigenvalue weighted by Crippen LogP contribution is -2.29. The maximum Gasteiger partial charge on any atom is 0.191 e. The van der Waals surface area contributed by atoms with Crippen LogP contribution >= 0.6 is 11.8 Å². The van der Waals surface area contributed by atoms with E-state index in [1.54, 1.807) is 18.1 Å². The highest BCUT2D eigenvalue weighted by atomic mass is 32.2. The highest BCUT2D eigenvalue weighted by molar-refractivity contribution is 7.99. The van der Waals surface area contributed by atoms with Crippen molar-refractivity contribution in [1.82, 2.24) is 20.1 Å². The summed E-state index contributed by atoms with van der Waals surface area (Å²) in [6.45, 7) is 5.44. The summed E-state index contributed by atoms with van der Waals surface area (Å²) < 4.78 is 1.96. The maximum atomic E-state index is 4.16. The largest absolute Gasteiger partial charge is 0.312 e. The predicted octanol–water partition coefficient (Wildman–Crippen LogP) is 3.04. The van der Waals surface area contributed by atoms with Gasteiger partial charge < -0.3 is 9.88 Å². The molecule has 108 valence electrons. The van der Waals surface area contributed by atoms with Crippen molar-refractivity contribution in [2.45, 2.75) is 36.7 Å². The van der Waals surface area contributed by atoms with Gasteiger partial charge in [0.05, 0.1) is 0 Å². The number of nitrogens with zero attached hydrogens (tertiary/aromatic N) is 3. The lowest BCUT2D eigenvalue weighted by atomic mass is 10.0. The number of benzene rings is 1. The van der Waals surface area contributed by atoms with Crippen LogP contribution in [0.4, 0.5) is 0 Å². The second kappa shape index (κ2) is 7.45. The Bertz CT molecular complexity index is 512. The summed E-state index contributed by atoms with van der Waals surface area (Å²) >= 11 is 1.76. The van der Waals surface area contributed by atoms with Gasteiger partial charge in [-0.05, 0) is 18.5 Å². The van der Waals surface area contributed by atoms with E-state index in [-0.39, 0.29) is 0 Å². The van der Waals surface area contributed by atoms with Gasteiger partial charge in [0, 0.05) is 18.3 Å². The smallest absolute Gasteiger partial charge is 0.191 e. The first-order chi connectivity index (χ1) is 9.72. The van der Waals surface area contributed by atoms with Crippen LogP contribution in [0.15, 0.2) is 41.8 Å². The first-order valence-corrected chi connectivity index (χ1v) is 7.89. The third-order valence-electron chi connectivity index (χ3n) is 3.20. The summed E-state index contributed by atoms with van der Waals surface area (Å²) in [5.41, 5.74) is 1.32. The van der Waals surface area contributed by atoms with Crippen LogP contribution in [0.3, 0.4) is 0 Å². The second-order valence-electron chi connectivity index (χ2n) is 4.89. The quantitative estimate of drug-likeness (QED) is 0.796. The average Bonchev–Trinajstić information content (AvgIpc) is 2.86. The van der Waals surface area contributed by atoms with Crippen molar-refractivity contribution in [1.29, 1.82) is 0 Å². The van der Waals surface area contributed by atoms with Crippen LogP contribution in [-0.4, -0.2) is 26.6 Å². The molecule has 0 amide bonds. The third kappa shape index (κ3) is 3.84. The monoisotopic (exact) mass is 290 g/mol. The molecule has 1 N–H and O–H groups in total. The average molecular weight is 290 g/mol. The van der Waals surface area contributed by atoms with Gasteiger partial charge in [0.15, 0.2) is 5.16 Å². The summed E-state index contributed by atoms with van der Waals surface area (Å²) in [6, 6.07) is 10.9. The molecule has 2 atom stereocenters. The van der Waals surface area contributed by atoms with Crippen molar-refractivity contribution in [3.05, 3.63) is 42.2 Å². The Hall–Kier alpha value is -1.33. The summed E-state index contributed by atoms with van der Waals surface area (Å²) in [6.07, 6.45) is 2.87. The van der Waals surface area contributed by atoms with E-state index in [1.807, 2.05) is 11.6 Å². The van der Waals surface area contributed by atoms with Gasteiger partial charge in [0.1, 0.15) is 6.33 Å². The molecule has 0 saturated heterocycles. The third-order valence-corrected chi connectivity index (χ3v) is 4.43. The van der Waals surface area contributed by atoms with Crippen molar-refractivity contribution in [3.8, 4) is 0 Å². The van der Waals surface area contributed by atoms with E-state index < -0.39 is 0 Å². The van der Waals surface area contributed by atoms with Crippen LogP contribution in [0.5, 0.6) is 0 Å². The normalized spacial score (nSPS) is 14.2. The van der Waals surface area contributed by atoms with Gasteiger partial charge in [-0.2, -0.15) is 0 Å². The van der Waals surface area contributed by atoms with Crippen LogP contribution in [0.25, 0.3) is 0 Å². The molecule has 0 spiro atoms. The van der Waals surface area contributed by atoms with Crippen LogP contribution in [0, 0.1) is 0 Å². The summed E-state index contributed by atoms with van der Waals surface area (Å²) in [7, 11) is 1.98. The van der Waals surface area contributed by atoms with Crippen molar-refractivity contribution < 1.29 is 0 Å². The van der Waals surface area contributed by atoms with Gasteiger partial charge in [0.25, 0.3) is 0 Å². The first-order valence-electron chi connectivity index (χ1n) is 7.01. The van der Waals surface area contributed by atoms with E-state index in [4.69, 9.17) is 0 Å². The standard InChI is InChI=1S/C15H22N4S/c1-4-10-16-14(13-8-6-5-7-9-13)12(2)20-15-18-17-11-19(15)3/h5-9,11-12,14,16H,4,10H2,1-3H3. The summed E-state index contributed by atoms with van der Waals surface area (Å²) in [5, 5.41) is 13.1. The van der Waals surface area contributed by atoms with E-state index in [2.05, 4.69) is 59.7 Å². The van der Waals surface area contributed by atoms with E-state index in [0.717, 1.165) is 18.1 Å². The molecule has 0 saturated carbocycles. The van der Waals surface area contributed by atoms with Crippen LogP contribution in [0.2, 0.25) is 0 Å². The van der Waals surface area contributed by atoms with Gasteiger partial charge in [-0.15, -0.1) is 10.2 Å². The van der Waals surface area contributed by atoms with E-state index in [1.165, 1.54) is 5.56 Å². The zero-order valence-corrected chi connectivity index (χ0v) is 13.1. The van der Waals surface area contributed by atoms with E-state index in [0.29, 0.717) is 11.3 Å². The lowest BCUT2D eigenvalue weighted by molar-refractivity contribution is 0.526. The molecule has 0 aliphatic rings. The number of nitrogens with one attached hydrogen (secondary N) is 1. The molecular weight excluding hydrogens is 268 g/mol. The Kier molecular flexibility index (Phi) is 5.61. The van der Waals surface area contributed by atoms with Crippen LogP contribution in [0.1, 0.15) is 31.9 Å². The molecule has 1 heterocycles. The Balaban J connectivity index is 2.12. The molecule has 5 heteroatoms. The van der Waals surface area contributed by atoms with Gasteiger partial charge >= 0.3 is 0 Å². The van der Waals surface area contributed by atoms with Crippen molar-refractivity contribution in [2.24, 2.45) is 7.05 Å². The Morgan fingerprint density at radius 1 is 1.30 bits per heavy atom. The molecule has 0 bridgehead atoms. The van der Waals surface area contributed by atoms with Gasteiger partial charge in [-0.1, -0.05) is 55.9 Å². The molecule has 0 radical (unpaired) electrons. The van der Waals surface area contributed by atoms with E-state index >= 15 is 0 Å². The zero-order chi connectivity index (χ0) is 14.4. The van der Waals surface area contributed by atoms with Gasteiger partial charge in [0.2, 0.25) is 0 Å². The molecule has 2 unspecified atom stereocenters. The lowest BCUT2D eigenvalue weighted by Gasteiger charge is -2.25. The van der Waals surface area contributed by atoms with Gasteiger partial charge in [-0.25, -0.2) is 0 Å². The summed E-state index contributed by atoms with van der Waals surface area (Å²) in [4.78, 5) is 0. The Morgan fingerprint density at radius 2 is 2.05 bits per heavy atom. The van der Waals surface area contributed by atoms with Crippen molar-refractivity contribution in [3.63, 3.8) is 0 Å².